The number of likely N-dealkylation sites (tertiary alicyclic amines) is 1. The molecule has 2 N–H and O–H groups in total. The third kappa shape index (κ3) is 4.81. The fourth-order valence-electron chi connectivity index (χ4n) is 4.28. The van der Waals surface area contributed by atoms with Crippen molar-refractivity contribution < 1.29 is 9.53 Å². The Kier molecular flexibility index (Phi) is 7.60. The van der Waals surface area contributed by atoms with E-state index in [0.29, 0.717) is 13.2 Å². The van der Waals surface area contributed by atoms with Crippen LogP contribution in [0.15, 0.2) is 0 Å². The van der Waals surface area contributed by atoms with E-state index < -0.39 is 0 Å². The number of halogens is 1. The Hall–Kier alpha value is -0.360. The Labute approximate surface area is 146 Å². The molecule has 0 aromatic heterocycles. The van der Waals surface area contributed by atoms with Gasteiger partial charge in [0, 0.05) is 25.2 Å². The molecular formula is C17H32ClN3O2. The van der Waals surface area contributed by atoms with Crippen molar-refractivity contribution in [2.75, 3.05) is 39.3 Å². The van der Waals surface area contributed by atoms with Crippen LogP contribution in [-0.4, -0.2) is 61.8 Å². The van der Waals surface area contributed by atoms with E-state index >= 15 is 0 Å². The standard InChI is InChI=1S/C17H31N3O2.ClH/c21-16(15-13-18-9-12-22-15)19-14-17(7-3-1-4-8-17)20-10-5-2-6-11-20;/h15,18H,1-14H2,(H,19,21);1H. The summed E-state index contributed by atoms with van der Waals surface area (Å²) in [4.78, 5) is 15.0. The summed E-state index contributed by atoms with van der Waals surface area (Å²) in [5.41, 5.74) is 0.205. The maximum atomic E-state index is 12.4. The molecule has 0 spiro atoms. The molecule has 1 aliphatic carbocycles. The number of rotatable bonds is 4. The molecule has 23 heavy (non-hydrogen) atoms. The van der Waals surface area contributed by atoms with E-state index in [4.69, 9.17) is 4.74 Å². The average Bonchev–Trinajstić information content (AvgIpc) is 2.62. The minimum absolute atomic E-state index is 0. The molecule has 1 atom stereocenters. The van der Waals surface area contributed by atoms with E-state index in [2.05, 4.69) is 15.5 Å². The lowest BCUT2D eigenvalue weighted by Gasteiger charge is -2.48. The van der Waals surface area contributed by atoms with Crippen LogP contribution >= 0.6 is 12.4 Å². The molecular weight excluding hydrogens is 314 g/mol. The summed E-state index contributed by atoms with van der Waals surface area (Å²) < 4.78 is 5.57. The van der Waals surface area contributed by atoms with Gasteiger partial charge in [-0.1, -0.05) is 25.7 Å². The van der Waals surface area contributed by atoms with E-state index in [9.17, 15) is 4.79 Å². The predicted octanol–water partition coefficient (Wildman–Crippen LogP) is 1.70. The number of carbonyl (C=O) groups is 1. The van der Waals surface area contributed by atoms with Gasteiger partial charge in [-0.2, -0.15) is 0 Å². The van der Waals surface area contributed by atoms with Crippen molar-refractivity contribution in [2.45, 2.75) is 63.0 Å². The van der Waals surface area contributed by atoms with Crippen molar-refractivity contribution in [3.8, 4) is 0 Å². The Bertz CT molecular complexity index is 363. The van der Waals surface area contributed by atoms with Gasteiger partial charge in [-0.05, 0) is 38.8 Å². The van der Waals surface area contributed by atoms with Crippen LogP contribution in [0.5, 0.6) is 0 Å². The topological polar surface area (TPSA) is 53.6 Å². The molecule has 5 nitrogen and oxygen atoms in total. The Morgan fingerprint density at radius 3 is 2.48 bits per heavy atom. The first kappa shape index (κ1) is 19.0. The third-order valence-corrected chi connectivity index (χ3v) is 5.62. The highest BCUT2D eigenvalue weighted by Crippen LogP contribution is 2.35. The van der Waals surface area contributed by atoms with Crippen molar-refractivity contribution in [1.82, 2.24) is 15.5 Å². The fraction of sp³-hybridized carbons (Fsp3) is 0.941. The van der Waals surface area contributed by atoms with Crippen molar-refractivity contribution in [3.63, 3.8) is 0 Å². The lowest BCUT2D eigenvalue weighted by Crippen LogP contribution is -2.59. The zero-order valence-corrected chi connectivity index (χ0v) is 15.0. The first-order valence-corrected chi connectivity index (χ1v) is 9.15. The number of nitrogens with one attached hydrogen (secondary N) is 2. The van der Waals surface area contributed by atoms with Gasteiger partial charge in [0.05, 0.1) is 6.61 Å². The second kappa shape index (κ2) is 9.21. The van der Waals surface area contributed by atoms with Crippen LogP contribution in [0.1, 0.15) is 51.4 Å². The highest BCUT2D eigenvalue weighted by Gasteiger charge is 2.39. The number of ether oxygens (including phenoxy) is 1. The largest absolute Gasteiger partial charge is 0.366 e. The van der Waals surface area contributed by atoms with Crippen LogP contribution < -0.4 is 10.6 Å². The number of morpholine rings is 1. The van der Waals surface area contributed by atoms with Gasteiger partial charge in [0.1, 0.15) is 6.10 Å². The molecule has 1 saturated carbocycles. The summed E-state index contributed by atoms with van der Waals surface area (Å²) in [6.07, 6.45) is 10.1. The molecule has 0 radical (unpaired) electrons. The fourth-order valence-corrected chi connectivity index (χ4v) is 4.28. The maximum absolute atomic E-state index is 12.4. The predicted molar refractivity (Wildman–Crippen MR) is 94.1 cm³/mol. The van der Waals surface area contributed by atoms with Crippen LogP contribution in [0.4, 0.5) is 0 Å². The number of hydrogen-bond acceptors (Lipinski definition) is 4. The molecule has 0 aromatic rings. The number of hydrogen-bond donors (Lipinski definition) is 2. The van der Waals surface area contributed by atoms with E-state index in [0.717, 1.165) is 13.1 Å². The van der Waals surface area contributed by atoms with Crippen LogP contribution in [0.3, 0.4) is 0 Å². The number of piperidine rings is 1. The molecule has 6 heteroatoms. The molecule has 134 valence electrons. The van der Waals surface area contributed by atoms with Crippen LogP contribution in [0.2, 0.25) is 0 Å². The van der Waals surface area contributed by atoms with Gasteiger partial charge in [-0.3, -0.25) is 9.69 Å². The van der Waals surface area contributed by atoms with Gasteiger partial charge in [0.15, 0.2) is 0 Å². The maximum Gasteiger partial charge on any atom is 0.250 e. The molecule has 1 amide bonds. The van der Waals surface area contributed by atoms with Crippen molar-refractivity contribution in [3.05, 3.63) is 0 Å². The lowest BCUT2D eigenvalue weighted by atomic mass is 9.79. The molecule has 3 aliphatic rings. The molecule has 2 heterocycles. The SMILES string of the molecule is Cl.O=C(NCC1(N2CCCCC2)CCCCC1)C1CNCCO1. The monoisotopic (exact) mass is 345 g/mol. The van der Waals surface area contributed by atoms with E-state index in [1.54, 1.807) is 0 Å². The average molecular weight is 346 g/mol. The minimum atomic E-state index is -0.309. The first-order valence-electron chi connectivity index (χ1n) is 9.15. The number of amides is 1. The highest BCUT2D eigenvalue weighted by molar-refractivity contribution is 5.85. The van der Waals surface area contributed by atoms with Crippen molar-refractivity contribution >= 4 is 18.3 Å². The summed E-state index contributed by atoms with van der Waals surface area (Å²) in [5, 5.41) is 6.44. The Balaban J connectivity index is 0.00000192. The normalized spacial score (nSPS) is 28.6. The van der Waals surface area contributed by atoms with Gasteiger partial charge < -0.3 is 15.4 Å². The van der Waals surface area contributed by atoms with Gasteiger partial charge in [0.25, 0.3) is 5.91 Å². The molecule has 2 saturated heterocycles. The zero-order valence-electron chi connectivity index (χ0n) is 14.1. The second-order valence-corrected chi connectivity index (χ2v) is 7.11. The summed E-state index contributed by atoms with van der Waals surface area (Å²) in [7, 11) is 0. The molecule has 0 bridgehead atoms. The highest BCUT2D eigenvalue weighted by atomic mass is 35.5. The summed E-state index contributed by atoms with van der Waals surface area (Å²) in [6.45, 7) is 5.33. The second-order valence-electron chi connectivity index (χ2n) is 7.11. The summed E-state index contributed by atoms with van der Waals surface area (Å²) >= 11 is 0. The molecule has 2 aliphatic heterocycles. The van der Waals surface area contributed by atoms with Crippen molar-refractivity contribution in [2.24, 2.45) is 0 Å². The molecule has 0 aromatic carbocycles. The Morgan fingerprint density at radius 1 is 1.13 bits per heavy atom. The Morgan fingerprint density at radius 2 is 1.83 bits per heavy atom. The summed E-state index contributed by atoms with van der Waals surface area (Å²) in [6, 6.07) is 0. The van der Waals surface area contributed by atoms with Gasteiger partial charge in [-0.15, -0.1) is 12.4 Å². The lowest BCUT2D eigenvalue weighted by molar-refractivity contribution is -0.135. The number of nitrogens with zero attached hydrogens (tertiary/aromatic N) is 1. The van der Waals surface area contributed by atoms with Crippen LogP contribution in [0, 0.1) is 0 Å². The number of carbonyl (C=O) groups excluding carboxylic acids is 1. The van der Waals surface area contributed by atoms with Crippen LogP contribution in [-0.2, 0) is 9.53 Å². The smallest absolute Gasteiger partial charge is 0.250 e. The van der Waals surface area contributed by atoms with Gasteiger partial charge in [0.2, 0.25) is 0 Å². The first-order chi connectivity index (χ1) is 10.8. The van der Waals surface area contributed by atoms with Gasteiger partial charge >= 0.3 is 0 Å². The van der Waals surface area contributed by atoms with E-state index in [1.165, 1.54) is 64.5 Å². The minimum Gasteiger partial charge on any atom is -0.366 e. The van der Waals surface area contributed by atoms with Crippen molar-refractivity contribution in [1.29, 1.82) is 0 Å². The molecule has 3 rings (SSSR count). The molecule has 3 fully saturated rings. The third-order valence-electron chi connectivity index (χ3n) is 5.62. The zero-order chi connectivity index (χ0) is 15.3. The molecule has 1 unspecified atom stereocenters. The van der Waals surface area contributed by atoms with Gasteiger partial charge in [-0.25, -0.2) is 0 Å². The van der Waals surface area contributed by atoms with E-state index in [-0.39, 0.29) is 30.0 Å². The van der Waals surface area contributed by atoms with Crippen LogP contribution in [0.25, 0.3) is 0 Å². The quantitative estimate of drug-likeness (QED) is 0.814. The summed E-state index contributed by atoms with van der Waals surface area (Å²) in [5.74, 6) is 0.0640. The van der Waals surface area contributed by atoms with E-state index in [1.807, 2.05) is 0 Å².